The van der Waals surface area contributed by atoms with E-state index in [1.165, 1.54) is 49.5 Å². The summed E-state index contributed by atoms with van der Waals surface area (Å²) in [5.41, 5.74) is 0. The molecule has 0 spiro atoms. The zero-order chi connectivity index (χ0) is 18.2. The van der Waals surface area contributed by atoms with Crippen molar-refractivity contribution in [2.24, 2.45) is 16.8 Å². The van der Waals surface area contributed by atoms with E-state index in [4.69, 9.17) is 0 Å². The molecule has 4 nitrogen and oxygen atoms in total. The molecule has 2 atom stereocenters. The summed E-state index contributed by atoms with van der Waals surface area (Å²) in [4.78, 5) is 11.0. The number of nitrogens with one attached hydrogen (secondary N) is 1. The number of halogens is 1. The number of likely N-dealkylation sites (tertiary alicyclic amines) is 2. The zero-order valence-electron chi connectivity index (χ0n) is 16.8. The van der Waals surface area contributed by atoms with E-state index in [1.807, 2.05) is 18.8 Å². The molecule has 0 amide bonds. The summed E-state index contributed by atoms with van der Waals surface area (Å²) in [5, 5.41) is 3.62. The summed E-state index contributed by atoms with van der Waals surface area (Å²) < 4.78 is 0. The monoisotopic (exact) mass is 502 g/mol. The molecule has 0 aromatic heterocycles. The Kier molecular flexibility index (Phi) is 10.3. The van der Waals surface area contributed by atoms with Gasteiger partial charge in [-0.3, -0.25) is 4.99 Å². The van der Waals surface area contributed by atoms with Gasteiger partial charge in [-0.1, -0.05) is 25.1 Å². The summed E-state index contributed by atoms with van der Waals surface area (Å²) in [7, 11) is 1.92. The van der Waals surface area contributed by atoms with Gasteiger partial charge in [-0.25, -0.2) is 0 Å². The van der Waals surface area contributed by atoms with Crippen LogP contribution >= 0.6 is 35.7 Å². The molecule has 2 fully saturated rings. The van der Waals surface area contributed by atoms with Crippen molar-refractivity contribution < 1.29 is 0 Å². The average Bonchev–Trinajstić information content (AvgIpc) is 3.34. The van der Waals surface area contributed by atoms with Crippen LogP contribution in [-0.4, -0.2) is 67.8 Å². The van der Waals surface area contributed by atoms with E-state index in [2.05, 4.69) is 57.4 Å². The molecule has 1 N–H and O–H groups in total. The predicted octanol–water partition coefficient (Wildman–Crippen LogP) is 4.03. The maximum Gasteiger partial charge on any atom is 0.193 e. The molecule has 2 aliphatic rings. The van der Waals surface area contributed by atoms with Gasteiger partial charge < -0.3 is 15.1 Å². The molecular weight excluding hydrogens is 467 g/mol. The van der Waals surface area contributed by atoms with Gasteiger partial charge in [-0.15, -0.1) is 35.7 Å². The summed E-state index contributed by atoms with van der Waals surface area (Å²) in [6, 6.07) is 10.7. The Balaban J connectivity index is 0.00000261. The Morgan fingerprint density at radius 3 is 2.67 bits per heavy atom. The third-order valence-corrected chi connectivity index (χ3v) is 6.65. The van der Waals surface area contributed by atoms with E-state index in [1.54, 1.807) is 0 Å². The summed E-state index contributed by atoms with van der Waals surface area (Å²) in [6.45, 7) is 9.39. The second-order valence-electron chi connectivity index (χ2n) is 7.77. The maximum absolute atomic E-state index is 4.54. The molecule has 0 saturated carbocycles. The van der Waals surface area contributed by atoms with Gasteiger partial charge in [0.25, 0.3) is 0 Å². The molecule has 6 heteroatoms. The third-order valence-electron chi connectivity index (χ3n) is 5.40. The summed E-state index contributed by atoms with van der Waals surface area (Å²) in [5.74, 6) is 3.70. The van der Waals surface area contributed by atoms with Gasteiger partial charge in [-0.05, 0) is 56.3 Å². The standard InChI is InChI=1S/C21H34N4S.HI/c1-18(15-24-11-6-7-12-24)14-23-21(22-2)25-13-10-19(16-25)17-26-20-8-4-3-5-9-20;/h3-5,8-9,18-19H,6-7,10-17H2,1-2H3,(H,22,23);1H. The molecule has 3 rings (SSSR count). The van der Waals surface area contributed by atoms with E-state index in [-0.39, 0.29) is 24.0 Å². The molecule has 2 aliphatic heterocycles. The second-order valence-corrected chi connectivity index (χ2v) is 8.86. The molecule has 152 valence electrons. The number of aliphatic imine (C=N–C) groups is 1. The first-order valence-electron chi connectivity index (χ1n) is 10.1. The van der Waals surface area contributed by atoms with Gasteiger partial charge in [0.2, 0.25) is 0 Å². The van der Waals surface area contributed by atoms with Gasteiger partial charge in [0, 0.05) is 43.9 Å². The first-order valence-corrected chi connectivity index (χ1v) is 11.1. The van der Waals surface area contributed by atoms with Crippen LogP contribution in [0.4, 0.5) is 0 Å². The number of benzene rings is 1. The topological polar surface area (TPSA) is 30.9 Å². The first kappa shape index (κ1) is 22.8. The first-order chi connectivity index (χ1) is 12.7. The highest BCUT2D eigenvalue weighted by molar-refractivity contribution is 14.0. The summed E-state index contributed by atoms with van der Waals surface area (Å²) in [6.07, 6.45) is 4.01. The number of guanidine groups is 1. The van der Waals surface area contributed by atoms with E-state index in [0.717, 1.165) is 31.5 Å². The van der Waals surface area contributed by atoms with Crippen LogP contribution in [0.3, 0.4) is 0 Å². The Hall–Kier alpha value is -0.470. The Bertz CT molecular complexity index is 563. The lowest BCUT2D eigenvalue weighted by Gasteiger charge is -2.25. The van der Waals surface area contributed by atoms with E-state index in [9.17, 15) is 0 Å². The van der Waals surface area contributed by atoms with Crippen LogP contribution in [0.15, 0.2) is 40.2 Å². The van der Waals surface area contributed by atoms with E-state index in [0.29, 0.717) is 5.92 Å². The highest BCUT2D eigenvalue weighted by Crippen LogP contribution is 2.25. The molecule has 2 unspecified atom stereocenters. The normalized spacial score (nSPS) is 21.9. The van der Waals surface area contributed by atoms with Crippen molar-refractivity contribution in [2.75, 3.05) is 52.1 Å². The van der Waals surface area contributed by atoms with Crippen molar-refractivity contribution in [3.63, 3.8) is 0 Å². The van der Waals surface area contributed by atoms with Crippen LogP contribution in [0.25, 0.3) is 0 Å². The van der Waals surface area contributed by atoms with Gasteiger partial charge in [-0.2, -0.15) is 0 Å². The van der Waals surface area contributed by atoms with Crippen LogP contribution in [-0.2, 0) is 0 Å². The maximum atomic E-state index is 4.54. The summed E-state index contributed by atoms with van der Waals surface area (Å²) >= 11 is 1.98. The van der Waals surface area contributed by atoms with Crippen molar-refractivity contribution >= 4 is 41.7 Å². The van der Waals surface area contributed by atoms with Gasteiger partial charge in [0.15, 0.2) is 5.96 Å². The van der Waals surface area contributed by atoms with E-state index < -0.39 is 0 Å². The molecule has 0 radical (unpaired) electrons. The number of rotatable bonds is 7. The Morgan fingerprint density at radius 1 is 1.22 bits per heavy atom. The molecule has 2 heterocycles. The second kappa shape index (κ2) is 12.2. The molecule has 27 heavy (non-hydrogen) atoms. The van der Waals surface area contributed by atoms with Crippen molar-refractivity contribution in [1.29, 1.82) is 0 Å². The minimum atomic E-state index is 0. The SMILES string of the molecule is CN=C(NCC(C)CN1CCCC1)N1CCC(CSc2ccccc2)C1.I. The molecule has 1 aromatic rings. The van der Waals surface area contributed by atoms with Crippen LogP contribution < -0.4 is 5.32 Å². The number of nitrogens with zero attached hydrogens (tertiary/aromatic N) is 3. The molecule has 2 saturated heterocycles. The molecule has 0 aliphatic carbocycles. The molecular formula is C21H35IN4S. The minimum absolute atomic E-state index is 0. The quantitative estimate of drug-likeness (QED) is 0.264. The van der Waals surface area contributed by atoms with Crippen molar-refractivity contribution in [3.8, 4) is 0 Å². The largest absolute Gasteiger partial charge is 0.356 e. The van der Waals surface area contributed by atoms with Crippen LogP contribution in [0, 0.1) is 11.8 Å². The predicted molar refractivity (Wildman–Crippen MR) is 128 cm³/mol. The fourth-order valence-corrected chi connectivity index (χ4v) is 5.01. The van der Waals surface area contributed by atoms with Crippen molar-refractivity contribution in [2.45, 2.75) is 31.1 Å². The zero-order valence-corrected chi connectivity index (χ0v) is 19.9. The van der Waals surface area contributed by atoms with Crippen LogP contribution in [0.2, 0.25) is 0 Å². The minimum Gasteiger partial charge on any atom is -0.356 e. The van der Waals surface area contributed by atoms with Gasteiger partial charge in [0.1, 0.15) is 0 Å². The fourth-order valence-electron chi connectivity index (χ4n) is 3.96. The van der Waals surface area contributed by atoms with Crippen molar-refractivity contribution in [1.82, 2.24) is 15.1 Å². The third kappa shape index (κ3) is 7.46. The number of thioether (sulfide) groups is 1. The highest BCUT2D eigenvalue weighted by atomic mass is 127. The molecule has 0 bridgehead atoms. The van der Waals surface area contributed by atoms with Crippen LogP contribution in [0.5, 0.6) is 0 Å². The smallest absolute Gasteiger partial charge is 0.193 e. The number of hydrogen-bond donors (Lipinski definition) is 1. The lowest BCUT2D eigenvalue weighted by Crippen LogP contribution is -2.43. The lowest BCUT2D eigenvalue weighted by molar-refractivity contribution is 0.286. The van der Waals surface area contributed by atoms with Gasteiger partial charge >= 0.3 is 0 Å². The Morgan fingerprint density at radius 2 is 1.96 bits per heavy atom. The van der Waals surface area contributed by atoms with Crippen molar-refractivity contribution in [3.05, 3.63) is 30.3 Å². The van der Waals surface area contributed by atoms with Crippen LogP contribution in [0.1, 0.15) is 26.2 Å². The number of hydrogen-bond acceptors (Lipinski definition) is 3. The lowest BCUT2D eigenvalue weighted by atomic mass is 10.1. The average molecular weight is 503 g/mol. The van der Waals surface area contributed by atoms with Gasteiger partial charge in [0.05, 0.1) is 0 Å². The Labute approximate surface area is 186 Å². The van der Waals surface area contributed by atoms with E-state index >= 15 is 0 Å². The molecule has 1 aromatic carbocycles. The fraction of sp³-hybridized carbons (Fsp3) is 0.667. The highest BCUT2D eigenvalue weighted by Gasteiger charge is 2.25.